The minimum atomic E-state index is -4.83. The molecule has 4 aromatic rings. The van der Waals surface area contributed by atoms with Crippen molar-refractivity contribution in [3.05, 3.63) is 79.3 Å². The number of nitro benzene ring substituents is 1. The molecule has 0 atom stereocenters. The lowest BCUT2D eigenvalue weighted by Gasteiger charge is -2.08. The number of benzene rings is 2. The van der Waals surface area contributed by atoms with Gasteiger partial charge in [0.25, 0.3) is 11.2 Å². The van der Waals surface area contributed by atoms with E-state index in [0.717, 1.165) is 28.8 Å². The van der Waals surface area contributed by atoms with Crippen molar-refractivity contribution in [2.24, 2.45) is 0 Å². The number of nitro groups is 1. The third-order valence-corrected chi connectivity index (χ3v) is 6.71. The van der Waals surface area contributed by atoms with E-state index < -0.39 is 33.3 Å². The highest BCUT2D eigenvalue weighted by atomic mass is 35.5. The van der Waals surface area contributed by atoms with Crippen molar-refractivity contribution in [2.45, 2.75) is 16.3 Å². The molecule has 14 heteroatoms. The van der Waals surface area contributed by atoms with E-state index >= 15 is 0 Å². The highest BCUT2D eigenvalue weighted by molar-refractivity contribution is 8.00. The maximum Gasteiger partial charge on any atom is 0.416 e. The topological polar surface area (TPSA) is 104 Å². The van der Waals surface area contributed by atoms with Gasteiger partial charge in [-0.2, -0.15) is 18.2 Å². The summed E-state index contributed by atoms with van der Waals surface area (Å²) in [4.78, 5) is 26.5. The average Bonchev–Trinajstić information content (AvgIpc) is 3.20. The first-order chi connectivity index (χ1) is 15.1. The van der Waals surface area contributed by atoms with Crippen LogP contribution in [0, 0.1) is 10.1 Å². The van der Waals surface area contributed by atoms with E-state index in [9.17, 15) is 28.1 Å². The molecule has 2 aromatic heterocycles. The Labute approximate surface area is 189 Å². The molecule has 164 valence electrons. The van der Waals surface area contributed by atoms with Crippen molar-refractivity contribution < 1.29 is 18.1 Å². The zero-order chi connectivity index (χ0) is 23.0. The standard InChI is InChI=1S/C18H9ClF3N5O3S2/c19-10-1-3-12(4-2-10)26-7-11(24-25-26)8-31-17-23-16(28)13-5-9(18(20,21)22)6-14(27(29)30)15(13)32-17/h1-7H,8H2. The average molecular weight is 500 g/mol. The van der Waals surface area contributed by atoms with Crippen LogP contribution in [0.2, 0.25) is 5.02 Å². The Kier molecular flexibility index (Phi) is 5.88. The number of hydrogen-bond donors (Lipinski definition) is 0. The second kappa shape index (κ2) is 8.48. The molecule has 0 aliphatic heterocycles. The Morgan fingerprint density at radius 1 is 1.22 bits per heavy atom. The lowest BCUT2D eigenvalue weighted by atomic mass is 10.1. The van der Waals surface area contributed by atoms with E-state index in [1.54, 1.807) is 30.5 Å². The first kappa shape index (κ1) is 22.2. The smallest absolute Gasteiger partial charge is 0.267 e. The lowest BCUT2D eigenvalue weighted by Crippen LogP contribution is -2.11. The van der Waals surface area contributed by atoms with Crippen LogP contribution in [0.25, 0.3) is 15.8 Å². The Balaban J connectivity index is 1.63. The zero-order valence-electron chi connectivity index (χ0n) is 15.5. The number of halogens is 4. The first-order valence-electron chi connectivity index (χ1n) is 8.62. The van der Waals surface area contributed by atoms with Crippen molar-refractivity contribution in [2.75, 3.05) is 0 Å². The van der Waals surface area contributed by atoms with Crippen molar-refractivity contribution in [3.8, 4) is 5.69 Å². The van der Waals surface area contributed by atoms with Gasteiger partial charge in [0.05, 0.1) is 33.5 Å². The normalized spacial score (nSPS) is 11.8. The van der Waals surface area contributed by atoms with Gasteiger partial charge in [0, 0.05) is 16.8 Å². The van der Waals surface area contributed by atoms with Gasteiger partial charge in [0.2, 0.25) is 0 Å². The number of rotatable bonds is 5. The molecule has 0 unspecified atom stereocenters. The second-order valence-electron chi connectivity index (χ2n) is 6.33. The van der Waals surface area contributed by atoms with Gasteiger partial charge >= 0.3 is 6.18 Å². The largest absolute Gasteiger partial charge is 0.416 e. The third kappa shape index (κ3) is 4.59. The third-order valence-electron chi connectivity index (χ3n) is 4.18. The molecule has 0 saturated heterocycles. The first-order valence-corrected chi connectivity index (χ1v) is 10.8. The molecule has 0 amide bonds. The van der Waals surface area contributed by atoms with E-state index in [1.165, 1.54) is 4.68 Å². The van der Waals surface area contributed by atoms with Crippen molar-refractivity contribution >= 4 is 50.5 Å². The van der Waals surface area contributed by atoms with Crippen LogP contribution >= 0.6 is 34.7 Å². The maximum absolute atomic E-state index is 13.1. The molecule has 4 rings (SSSR count). The van der Waals surface area contributed by atoms with Crippen LogP contribution in [0.4, 0.5) is 18.9 Å². The predicted octanol–water partition coefficient (Wildman–Crippen LogP) is 5.11. The monoisotopic (exact) mass is 499 g/mol. The van der Waals surface area contributed by atoms with Crippen molar-refractivity contribution in [3.63, 3.8) is 0 Å². The second-order valence-corrected chi connectivity index (χ2v) is 8.99. The number of thioether (sulfide) groups is 1. The van der Waals surface area contributed by atoms with Gasteiger partial charge in [-0.3, -0.25) is 14.9 Å². The summed E-state index contributed by atoms with van der Waals surface area (Å²) in [6, 6.07) is 7.89. The minimum Gasteiger partial charge on any atom is -0.267 e. The van der Waals surface area contributed by atoms with Gasteiger partial charge in [0.1, 0.15) is 4.70 Å². The van der Waals surface area contributed by atoms with E-state index in [1.807, 2.05) is 0 Å². The van der Waals surface area contributed by atoms with E-state index in [2.05, 4.69) is 15.3 Å². The number of nitrogens with zero attached hydrogens (tertiary/aromatic N) is 5. The summed E-state index contributed by atoms with van der Waals surface area (Å²) in [5.41, 5.74) is -1.78. The highest BCUT2D eigenvalue weighted by Crippen LogP contribution is 2.38. The zero-order valence-corrected chi connectivity index (χ0v) is 17.9. The molecular formula is C18H9ClF3N5O3S2. The molecule has 0 aliphatic rings. The van der Waals surface area contributed by atoms with E-state index in [0.29, 0.717) is 22.8 Å². The van der Waals surface area contributed by atoms with E-state index in [-0.39, 0.29) is 14.8 Å². The molecule has 0 N–H and O–H groups in total. The van der Waals surface area contributed by atoms with Gasteiger partial charge in [-0.15, -0.1) is 16.4 Å². The van der Waals surface area contributed by atoms with Crippen molar-refractivity contribution in [1.29, 1.82) is 0 Å². The van der Waals surface area contributed by atoms with E-state index in [4.69, 9.17) is 11.6 Å². The lowest BCUT2D eigenvalue weighted by molar-refractivity contribution is -0.383. The van der Waals surface area contributed by atoms with Gasteiger partial charge in [-0.1, -0.05) is 28.6 Å². The molecule has 0 radical (unpaired) electrons. The Morgan fingerprint density at radius 3 is 2.59 bits per heavy atom. The minimum absolute atomic E-state index is 0.159. The highest BCUT2D eigenvalue weighted by Gasteiger charge is 2.34. The summed E-state index contributed by atoms with van der Waals surface area (Å²) in [5, 5.41) is 19.5. The molecule has 0 spiro atoms. The predicted molar refractivity (Wildman–Crippen MR) is 113 cm³/mol. The Bertz CT molecular complexity index is 1390. The molecule has 0 saturated carbocycles. The van der Waals surface area contributed by atoms with Gasteiger partial charge < -0.3 is 0 Å². The summed E-state index contributed by atoms with van der Waals surface area (Å²) >= 11 is 7.70. The molecular weight excluding hydrogens is 491 g/mol. The van der Waals surface area contributed by atoms with Crippen LogP contribution in [0.15, 0.2) is 51.7 Å². The number of alkyl halides is 3. The van der Waals surface area contributed by atoms with Crippen LogP contribution in [0.3, 0.4) is 0 Å². The molecule has 32 heavy (non-hydrogen) atoms. The number of hydrogen-bond acceptors (Lipinski definition) is 8. The van der Waals surface area contributed by atoms with Crippen LogP contribution in [0.1, 0.15) is 11.3 Å². The fraction of sp³-hybridized carbons (Fsp3) is 0.111. The molecule has 0 fully saturated rings. The molecule has 2 heterocycles. The maximum atomic E-state index is 13.1. The Hall–Kier alpha value is -3.03. The van der Waals surface area contributed by atoms with Gasteiger partial charge in [0.15, 0.2) is 4.34 Å². The quantitative estimate of drug-likeness (QED) is 0.213. The summed E-state index contributed by atoms with van der Waals surface area (Å²) in [6.07, 6.45) is -3.18. The van der Waals surface area contributed by atoms with Gasteiger partial charge in [-0.25, -0.2) is 4.68 Å². The number of aromatic nitrogens is 4. The van der Waals surface area contributed by atoms with Crippen LogP contribution in [-0.4, -0.2) is 24.9 Å². The fourth-order valence-corrected chi connectivity index (χ4v) is 4.85. The summed E-state index contributed by atoms with van der Waals surface area (Å²) in [5.74, 6) is 0.233. The SMILES string of the molecule is O=c1nc(SCc2cn(-c3ccc(Cl)cc3)nn2)sc2c([N+](=O)[O-])cc(C(F)(F)F)cc12. The Morgan fingerprint density at radius 2 is 1.94 bits per heavy atom. The van der Waals surface area contributed by atoms with Crippen molar-refractivity contribution in [1.82, 2.24) is 20.0 Å². The van der Waals surface area contributed by atoms with Crippen LogP contribution in [-0.2, 0) is 11.9 Å². The molecule has 8 nitrogen and oxygen atoms in total. The van der Waals surface area contributed by atoms with Crippen LogP contribution < -0.4 is 5.56 Å². The summed E-state index contributed by atoms with van der Waals surface area (Å²) < 4.78 is 40.7. The number of non-ortho nitro benzene ring substituents is 1. The number of fused-ring (bicyclic) bond motifs is 1. The van der Waals surface area contributed by atoms with Gasteiger partial charge in [-0.05, 0) is 30.3 Å². The molecule has 2 aromatic carbocycles. The summed E-state index contributed by atoms with van der Waals surface area (Å²) in [7, 11) is 0. The molecule has 0 bridgehead atoms. The fourth-order valence-electron chi connectivity index (χ4n) is 2.71. The summed E-state index contributed by atoms with van der Waals surface area (Å²) in [6.45, 7) is 0. The van der Waals surface area contributed by atoms with Crippen LogP contribution in [0.5, 0.6) is 0 Å². The molecule has 0 aliphatic carbocycles.